The maximum Gasteiger partial charge on any atom is 0.258 e. The number of H-pyrrole nitrogens is 2. The molecule has 0 fully saturated rings. The number of carbonyl (C=O) groups excluding carboxylic acids is 2. The largest absolute Gasteiger partial charge is 0.344 e. The second-order valence-electron chi connectivity index (χ2n) is 7.31. The van der Waals surface area contributed by atoms with Crippen LogP contribution < -0.4 is 16.0 Å². The van der Waals surface area contributed by atoms with Crippen LogP contribution in [0.5, 0.6) is 0 Å². The number of rotatable bonds is 6. The number of aromatic amines is 2. The van der Waals surface area contributed by atoms with Gasteiger partial charge in [-0.05, 0) is 41.8 Å². The summed E-state index contributed by atoms with van der Waals surface area (Å²) in [4.78, 5) is 24.5. The quantitative estimate of drug-likeness (QED) is 0.303. The van der Waals surface area contributed by atoms with Gasteiger partial charge in [0.05, 0.1) is 17.3 Å². The van der Waals surface area contributed by atoms with E-state index in [1.54, 1.807) is 24.7 Å². The van der Waals surface area contributed by atoms with E-state index < -0.39 is 0 Å². The molecule has 0 spiro atoms. The molecule has 2 aromatic heterocycles. The third-order valence-electron chi connectivity index (χ3n) is 5.11. The van der Waals surface area contributed by atoms with Crippen LogP contribution in [0.3, 0.4) is 0 Å². The third kappa shape index (κ3) is 3.99. The van der Waals surface area contributed by atoms with E-state index in [2.05, 4.69) is 36.3 Å². The highest BCUT2D eigenvalue weighted by Crippen LogP contribution is 2.33. The number of benzene rings is 2. The fraction of sp³-hybridized carbons (Fsp3) is 0.0435. The third-order valence-corrected chi connectivity index (χ3v) is 5.11. The summed E-state index contributed by atoms with van der Waals surface area (Å²) in [7, 11) is 0. The number of fused-ring (bicyclic) bond motifs is 1. The van der Waals surface area contributed by atoms with Crippen molar-refractivity contribution in [2.75, 3.05) is 16.0 Å². The molecular formula is C23H19N7O2. The Morgan fingerprint density at radius 1 is 1.03 bits per heavy atom. The number of nitrogens with one attached hydrogen (secondary N) is 5. The molecule has 9 heteroatoms. The summed E-state index contributed by atoms with van der Waals surface area (Å²) in [6.07, 6.45) is 7.08. The fourth-order valence-electron chi connectivity index (χ4n) is 3.50. The highest BCUT2D eigenvalue weighted by Gasteiger charge is 2.24. The number of carbonyl (C=O) groups is 2. The Labute approximate surface area is 182 Å². The van der Waals surface area contributed by atoms with Crippen LogP contribution in [0.25, 0.3) is 5.57 Å². The van der Waals surface area contributed by atoms with Crippen LogP contribution in [0.2, 0.25) is 0 Å². The number of hydrogen-bond donors (Lipinski definition) is 5. The molecule has 5 rings (SSSR count). The molecule has 32 heavy (non-hydrogen) atoms. The minimum Gasteiger partial charge on any atom is -0.344 e. The van der Waals surface area contributed by atoms with Gasteiger partial charge in [0.1, 0.15) is 0 Å². The van der Waals surface area contributed by atoms with Crippen molar-refractivity contribution in [3.05, 3.63) is 95.6 Å². The molecule has 2 aromatic carbocycles. The molecular weight excluding hydrogens is 406 g/mol. The predicted molar refractivity (Wildman–Crippen MR) is 121 cm³/mol. The van der Waals surface area contributed by atoms with Gasteiger partial charge in [0.2, 0.25) is 0 Å². The highest BCUT2D eigenvalue weighted by atomic mass is 16.2. The molecule has 9 nitrogen and oxygen atoms in total. The van der Waals surface area contributed by atoms with E-state index >= 15 is 0 Å². The van der Waals surface area contributed by atoms with Gasteiger partial charge in [-0.2, -0.15) is 10.2 Å². The minimum absolute atomic E-state index is 0.155. The lowest BCUT2D eigenvalue weighted by Gasteiger charge is -2.08. The maximum atomic E-state index is 12.4. The van der Waals surface area contributed by atoms with Crippen molar-refractivity contribution < 1.29 is 9.59 Å². The Hall–Kier alpha value is -4.66. The molecule has 0 radical (unpaired) electrons. The molecule has 0 unspecified atom stereocenters. The molecule has 158 valence electrons. The molecule has 5 N–H and O–H groups in total. The molecule has 1 aliphatic rings. The Kier molecular flexibility index (Phi) is 4.97. The van der Waals surface area contributed by atoms with E-state index in [9.17, 15) is 9.59 Å². The zero-order valence-corrected chi connectivity index (χ0v) is 16.8. The molecule has 4 aromatic rings. The number of amides is 2. The van der Waals surface area contributed by atoms with E-state index in [0.29, 0.717) is 29.1 Å². The van der Waals surface area contributed by atoms with Crippen molar-refractivity contribution in [1.82, 2.24) is 20.4 Å². The first-order chi connectivity index (χ1) is 15.7. The molecule has 0 atom stereocenters. The standard InChI is InChI=1S/C23H19N7O2/c31-22(16-11-26-27-12-16)28-17-4-1-14(2-5-17)9-15-3-6-20-18(10-15)19(23(32)29-20)13-24-21-7-8-25-30-21/h1-8,10-13H,9H2,(H,26,27)(H,28,31)(H,29,32)(H2,24,25,30)/b19-13-. The first kappa shape index (κ1) is 19.3. The first-order valence-electron chi connectivity index (χ1n) is 9.96. The van der Waals surface area contributed by atoms with Gasteiger partial charge in [0, 0.05) is 41.6 Å². The van der Waals surface area contributed by atoms with Crippen LogP contribution in [-0.4, -0.2) is 32.2 Å². The normalized spacial score (nSPS) is 13.6. The van der Waals surface area contributed by atoms with Gasteiger partial charge >= 0.3 is 0 Å². The summed E-state index contributed by atoms with van der Waals surface area (Å²) < 4.78 is 0. The van der Waals surface area contributed by atoms with Crippen LogP contribution in [0, 0.1) is 0 Å². The monoisotopic (exact) mass is 425 g/mol. The summed E-state index contributed by atoms with van der Waals surface area (Å²) in [6, 6.07) is 15.4. The van der Waals surface area contributed by atoms with E-state index in [-0.39, 0.29) is 11.8 Å². The van der Waals surface area contributed by atoms with Crippen LogP contribution >= 0.6 is 0 Å². The highest BCUT2D eigenvalue weighted by molar-refractivity contribution is 6.31. The van der Waals surface area contributed by atoms with Gasteiger partial charge in [-0.15, -0.1) is 0 Å². The Balaban J connectivity index is 1.30. The molecule has 0 saturated carbocycles. The molecule has 3 heterocycles. The summed E-state index contributed by atoms with van der Waals surface area (Å²) in [5.74, 6) is 0.262. The lowest BCUT2D eigenvalue weighted by Crippen LogP contribution is -2.10. The maximum absolute atomic E-state index is 12.4. The Bertz CT molecular complexity index is 1290. The van der Waals surface area contributed by atoms with Crippen molar-refractivity contribution in [2.45, 2.75) is 6.42 Å². The molecule has 0 saturated heterocycles. The first-order valence-corrected chi connectivity index (χ1v) is 9.96. The average molecular weight is 425 g/mol. The Morgan fingerprint density at radius 2 is 1.88 bits per heavy atom. The number of anilines is 3. The molecule has 0 aliphatic carbocycles. The number of nitrogens with zero attached hydrogens (tertiary/aromatic N) is 2. The smallest absolute Gasteiger partial charge is 0.258 e. The zero-order valence-electron chi connectivity index (χ0n) is 16.8. The predicted octanol–water partition coefficient (Wildman–Crippen LogP) is 3.38. The van der Waals surface area contributed by atoms with Crippen LogP contribution in [-0.2, 0) is 11.2 Å². The van der Waals surface area contributed by atoms with Crippen LogP contribution in [0.15, 0.2) is 73.3 Å². The van der Waals surface area contributed by atoms with Crippen molar-refractivity contribution >= 4 is 34.6 Å². The van der Waals surface area contributed by atoms with Gasteiger partial charge < -0.3 is 16.0 Å². The van der Waals surface area contributed by atoms with E-state index in [1.807, 2.05) is 42.5 Å². The van der Waals surface area contributed by atoms with Crippen molar-refractivity contribution in [1.29, 1.82) is 0 Å². The molecule has 0 bridgehead atoms. The fourth-order valence-corrected chi connectivity index (χ4v) is 3.50. The minimum atomic E-state index is -0.218. The number of aromatic nitrogens is 4. The van der Waals surface area contributed by atoms with Crippen molar-refractivity contribution in [3.8, 4) is 0 Å². The van der Waals surface area contributed by atoms with E-state index in [0.717, 1.165) is 22.4 Å². The Morgan fingerprint density at radius 3 is 2.62 bits per heavy atom. The lowest BCUT2D eigenvalue weighted by atomic mass is 9.99. The lowest BCUT2D eigenvalue weighted by molar-refractivity contribution is -0.110. The summed E-state index contributed by atoms with van der Waals surface area (Å²) in [5.41, 5.74) is 5.53. The van der Waals surface area contributed by atoms with Gasteiger partial charge in [0.15, 0.2) is 5.82 Å². The summed E-state index contributed by atoms with van der Waals surface area (Å²) in [6.45, 7) is 0. The topological polar surface area (TPSA) is 128 Å². The van der Waals surface area contributed by atoms with E-state index in [1.165, 1.54) is 6.20 Å². The zero-order chi connectivity index (χ0) is 21.9. The SMILES string of the molecule is O=C1Nc2ccc(Cc3ccc(NC(=O)c4cn[nH]c4)cc3)cc2/C1=C/Nc1cc[nH]n1. The van der Waals surface area contributed by atoms with Crippen LogP contribution in [0.4, 0.5) is 17.2 Å². The van der Waals surface area contributed by atoms with Gasteiger partial charge in [-0.1, -0.05) is 18.2 Å². The van der Waals surface area contributed by atoms with Crippen LogP contribution in [0.1, 0.15) is 27.0 Å². The molecule has 2 amide bonds. The van der Waals surface area contributed by atoms with Crippen molar-refractivity contribution in [2.24, 2.45) is 0 Å². The summed E-state index contributed by atoms with van der Waals surface area (Å²) >= 11 is 0. The second-order valence-corrected chi connectivity index (χ2v) is 7.31. The van der Waals surface area contributed by atoms with Gasteiger partial charge in [0.25, 0.3) is 11.8 Å². The van der Waals surface area contributed by atoms with Crippen molar-refractivity contribution in [3.63, 3.8) is 0 Å². The molecule has 1 aliphatic heterocycles. The van der Waals surface area contributed by atoms with Gasteiger partial charge in [-0.25, -0.2) is 0 Å². The number of hydrogen-bond acceptors (Lipinski definition) is 5. The summed E-state index contributed by atoms with van der Waals surface area (Å²) in [5, 5.41) is 21.9. The second kappa shape index (κ2) is 8.23. The van der Waals surface area contributed by atoms with Gasteiger partial charge in [-0.3, -0.25) is 19.8 Å². The average Bonchev–Trinajstić information content (AvgIpc) is 3.55. The van der Waals surface area contributed by atoms with E-state index in [4.69, 9.17) is 0 Å².